The lowest BCUT2D eigenvalue weighted by Crippen LogP contribution is -2.24. The van der Waals surface area contributed by atoms with Crippen molar-refractivity contribution in [1.29, 1.82) is 0 Å². The Morgan fingerprint density at radius 2 is 2.24 bits per heavy atom. The monoisotopic (exact) mass is 300 g/mol. The van der Waals surface area contributed by atoms with Crippen LogP contribution in [-0.4, -0.2) is 29.0 Å². The van der Waals surface area contributed by atoms with Gasteiger partial charge < -0.3 is 10.6 Å². The molecule has 92 valence electrons. The van der Waals surface area contributed by atoms with E-state index in [1.54, 1.807) is 6.20 Å². The number of nitro groups is 1. The second kappa shape index (κ2) is 5.42. The molecule has 6 nitrogen and oxygen atoms in total. The van der Waals surface area contributed by atoms with Crippen LogP contribution in [0.2, 0.25) is 0 Å². The van der Waals surface area contributed by atoms with Crippen molar-refractivity contribution >= 4 is 27.3 Å². The zero-order valence-electron chi connectivity index (χ0n) is 9.15. The Hall–Kier alpha value is -1.21. The maximum Gasteiger partial charge on any atom is 0.311 e. The van der Waals surface area contributed by atoms with Crippen LogP contribution in [0.4, 0.5) is 11.4 Å². The van der Waals surface area contributed by atoms with E-state index in [2.05, 4.69) is 31.5 Å². The van der Waals surface area contributed by atoms with Crippen LogP contribution in [0.1, 0.15) is 12.8 Å². The molecule has 1 aliphatic carbocycles. The quantitative estimate of drug-likeness (QED) is 0.476. The van der Waals surface area contributed by atoms with Crippen molar-refractivity contribution in [3.8, 4) is 0 Å². The van der Waals surface area contributed by atoms with Crippen molar-refractivity contribution < 1.29 is 4.92 Å². The van der Waals surface area contributed by atoms with E-state index < -0.39 is 4.92 Å². The van der Waals surface area contributed by atoms with Gasteiger partial charge in [0.05, 0.1) is 9.40 Å². The summed E-state index contributed by atoms with van der Waals surface area (Å²) in [5.74, 6) is 0. The standard InChI is InChI=1S/C10H13BrN4O2/c11-8-5-12-6-9(15(16)17)10(8)14-4-3-13-7-1-2-7/h5-7,13H,1-4H2,(H,12,14). The second-order valence-electron chi connectivity index (χ2n) is 3.93. The van der Waals surface area contributed by atoms with E-state index in [1.807, 2.05) is 0 Å². The minimum Gasteiger partial charge on any atom is -0.377 e. The number of hydrogen-bond donors (Lipinski definition) is 2. The predicted molar refractivity (Wildman–Crippen MR) is 68.1 cm³/mol. The molecular formula is C10H13BrN4O2. The number of aromatic nitrogens is 1. The Morgan fingerprint density at radius 3 is 2.88 bits per heavy atom. The first-order chi connectivity index (χ1) is 8.18. The van der Waals surface area contributed by atoms with Gasteiger partial charge in [-0.2, -0.15) is 0 Å². The summed E-state index contributed by atoms with van der Waals surface area (Å²) in [4.78, 5) is 14.2. The average Bonchev–Trinajstić information content (AvgIpc) is 3.09. The smallest absolute Gasteiger partial charge is 0.311 e. The molecule has 0 aromatic carbocycles. The lowest BCUT2D eigenvalue weighted by molar-refractivity contribution is -0.384. The molecule has 1 aromatic heterocycles. The molecule has 7 heteroatoms. The zero-order valence-corrected chi connectivity index (χ0v) is 10.7. The number of rotatable bonds is 6. The van der Waals surface area contributed by atoms with Gasteiger partial charge in [-0.1, -0.05) is 0 Å². The molecule has 0 saturated heterocycles. The summed E-state index contributed by atoms with van der Waals surface area (Å²) in [7, 11) is 0. The van der Waals surface area contributed by atoms with Crippen molar-refractivity contribution in [3.63, 3.8) is 0 Å². The van der Waals surface area contributed by atoms with Crippen LogP contribution in [0.15, 0.2) is 16.9 Å². The zero-order chi connectivity index (χ0) is 12.3. The predicted octanol–water partition coefficient (Wildman–Crippen LogP) is 1.92. The van der Waals surface area contributed by atoms with Crippen LogP contribution < -0.4 is 10.6 Å². The molecule has 0 radical (unpaired) electrons. The van der Waals surface area contributed by atoms with Gasteiger partial charge in [-0.15, -0.1) is 0 Å². The summed E-state index contributed by atoms with van der Waals surface area (Å²) >= 11 is 3.26. The van der Waals surface area contributed by atoms with Crippen molar-refractivity contribution in [2.45, 2.75) is 18.9 Å². The van der Waals surface area contributed by atoms with E-state index in [1.165, 1.54) is 19.0 Å². The van der Waals surface area contributed by atoms with Crippen LogP contribution >= 0.6 is 15.9 Å². The van der Waals surface area contributed by atoms with Gasteiger partial charge in [0.1, 0.15) is 11.9 Å². The van der Waals surface area contributed by atoms with Gasteiger partial charge in [0, 0.05) is 25.3 Å². The molecule has 1 aromatic rings. The molecule has 0 unspecified atom stereocenters. The van der Waals surface area contributed by atoms with E-state index in [0.29, 0.717) is 22.7 Å². The van der Waals surface area contributed by atoms with Gasteiger partial charge in [0.2, 0.25) is 0 Å². The van der Waals surface area contributed by atoms with Crippen LogP contribution in [0.25, 0.3) is 0 Å². The molecule has 0 amide bonds. The summed E-state index contributed by atoms with van der Waals surface area (Å²) < 4.78 is 0.609. The Balaban J connectivity index is 1.94. The minimum atomic E-state index is -0.436. The van der Waals surface area contributed by atoms with E-state index >= 15 is 0 Å². The average molecular weight is 301 g/mol. The molecule has 1 fully saturated rings. The summed E-state index contributed by atoms with van der Waals surface area (Å²) in [5, 5.41) is 17.2. The normalized spacial score (nSPS) is 14.6. The molecule has 0 aliphatic heterocycles. The second-order valence-corrected chi connectivity index (χ2v) is 4.78. The van der Waals surface area contributed by atoms with Gasteiger partial charge in [0.15, 0.2) is 0 Å². The van der Waals surface area contributed by atoms with E-state index in [4.69, 9.17) is 0 Å². The van der Waals surface area contributed by atoms with Crippen molar-refractivity contribution in [2.24, 2.45) is 0 Å². The van der Waals surface area contributed by atoms with E-state index in [-0.39, 0.29) is 5.69 Å². The van der Waals surface area contributed by atoms with Crippen molar-refractivity contribution in [1.82, 2.24) is 10.3 Å². The molecule has 0 bridgehead atoms. The summed E-state index contributed by atoms with van der Waals surface area (Å²) in [6.07, 6.45) is 5.27. The van der Waals surface area contributed by atoms with Crippen molar-refractivity contribution in [2.75, 3.05) is 18.4 Å². The highest BCUT2D eigenvalue weighted by atomic mass is 79.9. The molecule has 2 N–H and O–H groups in total. The molecule has 2 rings (SSSR count). The molecule has 1 heterocycles. The number of nitrogens with zero attached hydrogens (tertiary/aromatic N) is 2. The summed E-state index contributed by atoms with van der Waals surface area (Å²) in [5.41, 5.74) is 0.480. The SMILES string of the molecule is O=[N+]([O-])c1cncc(Br)c1NCCNC1CC1. The first-order valence-electron chi connectivity index (χ1n) is 5.43. The summed E-state index contributed by atoms with van der Waals surface area (Å²) in [6.45, 7) is 1.45. The van der Waals surface area contributed by atoms with E-state index in [0.717, 1.165) is 6.54 Å². The fourth-order valence-corrected chi connectivity index (χ4v) is 1.95. The fourth-order valence-electron chi connectivity index (χ4n) is 1.49. The van der Waals surface area contributed by atoms with Gasteiger partial charge in [-0.25, -0.2) is 0 Å². The number of nitrogens with one attached hydrogen (secondary N) is 2. The maximum absolute atomic E-state index is 10.8. The Bertz CT molecular complexity index is 423. The highest BCUT2D eigenvalue weighted by Gasteiger charge is 2.20. The Labute approximate surface area is 107 Å². The number of anilines is 1. The van der Waals surface area contributed by atoms with Gasteiger partial charge in [0.25, 0.3) is 0 Å². The molecule has 17 heavy (non-hydrogen) atoms. The third-order valence-electron chi connectivity index (χ3n) is 2.51. The topological polar surface area (TPSA) is 80.1 Å². The van der Waals surface area contributed by atoms with Crippen LogP contribution in [-0.2, 0) is 0 Å². The third kappa shape index (κ3) is 3.37. The molecule has 1 aliphatic rings. The largest absolute Gasteiger partial charge is 0.377 e. The molecule has 1 saturated carbocycles. The van der Waals surface area contributed by atoms with Crippen molar-refractivity contribution in [3.05, 3.63) is 27.0 Å². The van der Waals surface area contributed by atoms with Crippen LogP contribution in [0.3, 0.4) is 0 Å². The Morgan fingerprint density at radius 1 is 1.47 bits per heavy atom. The van der Waals surface area contributed by atoms with Gasteiger partial charge >= 0.3 is 5.69 Å². The van der Waals surface area contributed by atoms with Crippen LogP contribution in [0.5, 0.6) is 0 Å². The van der Waals surface area contributed by atoms with Gasteiger partial charge in [-0.05, 0) is 28.8 Å². The summed E-state index contributed by atoms with van der Waals surface area (Å²) in [6, 6.07) is 0.646. The first kappa shape index (κ1) is 12.3. The van der Waals surface area contributed by atoms with Gasteiger partial charge in [-0.3, -0.25) is 15.1 Å². The highest BCUT2D eigenvalue weighted by molar-refractivity contribution is 9.10. The highest BCUT2D eigenvalue weighted by Crippen LogP contribution is 2.30. The fraction of sp³-hybridized carbons (Fsp3) is 0.500. The van der Waals surface area contributed by atoms with Crippen LogP contribution in [0, 0.1) is 10.1 Å². The third-order valence-corrected chi connectivity index (χ3v) is 3.11. The van der Waals surface area contributed by atoms with E-state index in [9.17, 15) is 10.1 Å². The lowest BCUT2D eigenvalue weighted by atomic mass is 10.3. The number of hydrogen-bond acceptors (Lipinski definition) is 5. The minimum absolute atomic E-state index is 0.00852. The number of halogens is 1. The lowest BCUT2D eigenvalue weighted by Gasteiger charge is -2.08. The molecular weight excluding hydrogens is 288 g/mol. The maximum atomic E-state index is 10.8. The molecule has 0 spiro atoms. The molecule has 0 atom stereocenters. The number of pyridine rings is 1. The first-order valence-corrected chi connectivity index (χ1v) is 6.23. The Kier molecular flexibility index (Phi) is 3.90.